The summed E-state index contributed by atoms with van der Waals surface area (Å²) in [4.78, 5) is 9.67. The van der Waals surface area contributed by atoms with Crippen molar-refractivity contribution in [3.05, 3.63) is 0 Å². The van der Waals surface area contributed by atoms with E-state index in [2.05, 4.69) is 34.0 Å². The van der Waals surface area contributed by atoms with Crippen molar-refractivity contribution in [1.82, 2.24) is 15.1 Å². The minimum absolute atomic E-state index is 0.320. The van der Waals surface area contributed by atoms with Gasteiger partial charge >= 0.3 is 0 Å². The zero-order chi connectivity index (χ0) is 20.5. The molecule has 6 nitrogen and oxygen atoms in total. The minimum atomic E-state index is 0.320. The van der Waals surface area contributed by atoms with Crippen LogP contribution in [0, 0.1) is 5.92 Å². The van der Waals surface area contributed by atoms with Gasteiger partial charge in [-0.25, -0.2) is 0 Å². The fourth-order valence-electron chi connectivity index (χ4n) is 4.96. The molecule has 3 saturated heterocycles. The number of hydrogen-bond donors (Lipinski definition) is 1. The van der Waals surface area contributed by atoms with Crippen LogP contribution in [0.1, 0.15) is 65.2 Å². The maximum atomic E-state index is 6.17. The van der Waals surface area contributed by atoms with Gasteiger partial charge in [0.1, 0.15) is 0 Å². The third-order valence-electron chi connectivity index (χ3n) is 6.59. The zero-order valence-corrected chi connectivity index (χ0v) is 19.1. The van der Waals surface area contributed by atoms with Gasteiger partial charge < -0.3 is 19.7 Å². The summed E-state index contributed by atoms with van der Waals surface area (Å²) >= 11 is 0. The molecule has 0 radical (unpaired) electrons. The molecule has 2 atom stereocenters. The van der Waals surface area contributed by atoms with E-state index in [0.29, 0.717) is 18.2 Å². The lowest BCUT2D eigenvalue weighted by atomic mass is 10.0. The average Bonchev–Trinajstić information content (AvgIpc) is 2.75. The Balaban J connectivity index is 1.38. The summed E-state index contributed by atoms with van der Waals surface area (Å²) in [5.41, 5.74) is 0. The summed E-state index contributed by atoms with van der Waals surface area (Å²) in [6.45, 7) is 11.8. The Morgan fingerprint density at radius 2 is 1.86 bits per heavy atom. The van der Waals surface area contributed by atoms with Crippen LogP contribution in [-0.2, 0) is 9.47 Å². The first-order chi connectivity index (χ1) is 14.2. The first-order valence-corrected chi connectivity index (χ1v) is 12.1. The molecule has 3 aliphatic heterocycles. The zero-order valence-electron chi connectivity index (χ0n) is 19.1. The Bertz CT molecular complexity index is 485. The number of guanidine groups is 1. The lowest BCUT2D eigenvalue weighted by molar-refractivity contribution is -0.0721. The van der Waals surface area contributed by atoms with Gasteiger partial charge in [-0.2, -0.15) is 0 Å². The summed E-state index contributed by atoms with van der Waals surface area (Å²) in [6.07, 6.45) is 10.5. The topological polar surface area (TPSA) is 49.3 Å². The van der Waals surface area contributed by atoms with Crippen molar-refractivity contribution in [2.75, 3.05) is 53.0 Å². The molecule has 3 fully saturated rings. The van der Waals surface area contributed by atoms with Gasteiger partial charge in [0.05, 0.1) is 18.8 Å². The number of nitrogens with zero attached hydrogens (tertiary/aromatic N) is 3. The van der Waals surface area contributed by atoms with Crippen LogP contribution in [0.25, 0.3) is 0 Å². The third kappa shape index (κ3) is 7.41. The second-order valence-corrected chi connectivity index (χ2v) is 9.47. The molecule has 3 aliphatic rings. The van der Waals surface area contributed by atoms with Crippen molar-refractivity contribution >= 4 is 5.96 Å². The predicted octanol–water partition coefficient (Wildman–Crippen LogP) is 3.12. The Morgan fingerprint density at radius 3 is 2.55 bits per heavy atom. The van der Waals surface area contributed by atoms with E-state index in [4.69, 9.17) is 9.47 Å². The standard InChI is InChI=1S/C23H44N4O2/c1-19(2)17-27-12-6-4-8-20(27)16-25-23(24-3)26-13-10-21(11-14-26)29-18-22-9-5-7-15-28-22/h19-22H,4-18H2,1-3H3,(H,24,25). The summed E-state index contributed by atoms with van der Waals surface area (Å²) in [5, 5.41) is 3.68. The van der Waals surface area contributed by atoms with Crippen molar-refractivity contribution < 1.29 is 9.47 Å². The van der Waals surface area contributed by atoms with Gasteiger partial charge in [0.25, 0.3) is 0 Å². The highest BCUT2D eigenvalue weighted by Crippen LogP contribution is 2.19. The molecular weight excluding hydrogens is 364 g/mol. The van der Waals surface area contributed by atoms with E-state index >= 15 is 0 Å². The monoisotopic (exact) mass is 408 g/mol. The van der Waals surface area contributed by atoms with Gasteiger partial charge in [0, 0.05) is 45.9 Å². The van der Waals surface area contributed by atoms with Gasteiger partial charge in [0.15, 0.2) is 5.96 Å². The summed E-state index contributed by atoms with van der Waals surface area (Å²) in [5.74, 6) is 1.79. The maximum absolute atomic E-state index is 6.17. The third-order valence-corrected chi connectivity index (χ3v) is 6.59. The van der Waals surface area contributed by atoms with Crippen molar-refractivity contribution in [3.63, 3.8) is 0 Å². The van der Waals surface area contributed by atoms with Crippen LogP contribution in [-0.4, -0.2) is 87.0 Å². The van der Waals surface area contributed by atoms with Crippen molar-refractivity contribution in [1.29, 1.82) is 0 Å². The van der Waals surface area contributed by atoms with Gasteiger partial charge in [-0.15, -0.1) is 0 Å². The molecule has 3 rings (SSSR count). The SMILES string of the molecule is CN=C(NCC1CCCCN1CC(C)C)N1CCC(OCC2CCCCO2)CC1. The van der Waals surface area contributed by atoms with E-state index in [1.54, 1.807) is 0 Å². The lowest BCUT2D eigenvalue weighted by Gasteiger charge is -2.39. The van der Waals surface area contributed by atoms with E-state index in [1.807, 2.05) is 7.05 Å². The fourth-order valence-corrected chi connectivity index (χ4v) is 4.96. The molecule has 0 bridgehead atoms. The van der Waals surface area contributed by atoms with E-state index in [9.17, 15) is 0 Å². The van der Waals surface area contributed by atoms with Crippen molar-refractivity contribution in [3.8, 4) is 0 Å². The van der Waals surface area contributed by atoms with Crippen molar-refractivity contribution in [2.24, 2.45) is 10.9 Å². The molecule has 29 heavy (non-hydrogen) atoms. The van der Waals surface area contributed by atoms with E-state index in [0.717, 1.165) is 64.0 Å². The largest absolute Gasteiger partial charge is 0.376 e. The molecule has 2 unspecified atom stereocenters. The highest BCUT2D eigenvalue weighted by Gasteiger charge is 2.26. The van der Waals surface area contributed by atoms with E-state index in [1.165, 1.54) is 45.2 Å². The number of rotatable bonds is 7. The van der Waals surface area contributed by atoms with Crippen molar-refractivity contribution in [2.45, 2.75) is 83.5 Å². The number of aliphatic imine (C=N–C) groups is 1. The maximum Gasteiger partial charge on any atom is 0.193 e. The van der Waals surface area contributed by atoms with E-state index < -0.39 is 0 Å². The Labute approximate surface area is 178 Å². The minimum Gasteiger partial charge on any atom is -0.376 e. The molecular formula is C23H44N4O2. The smallest absolute Gasteiger partial charge is 0.193 e. The highest BCUT2D eigenvalue weighted by molar-refractivity contribution is 5.80. The summed E-state index contributed by atoms with van der Waals surface area (Å²) in [6, 6.07) is 0.638. The van der Waals surface area contributed by atoms with Gasteiger partial charge in [-0.05, 0) is 57.4 Å². The molecule has 3 heterocycles. The predicted molar refractivity (Wildman–Crippen MR) is 120 cm³/mol. The van der Waals surface area contributed by atoms with E-state index in [-0.39, 0.29) is 0 Å². The Morgan fingerprint density at radius 1 is 1.07 bits per heavy atom. The van der Waals surface area contributed by atoms with Crippen LogP contribution in [0.5, 0.6) is 0 Å². The summed E-state index contributed by atoms with van der Waals surface area (Å²) < 4.78 is 12.0. The Kier molecular flexibility index (Phi) is 9.53. The molecule has 0 aromatic carbocycles. The second-order valence-electron chi connectivity index (χ2n) is 9.47. The number of hydrogen-bond acceptors (Lipinski definition) is 4. The molecule has 0 aromatic heterocycles. The molecule has 1 N–H and O–H groups in total. The first-order valence-electron chi connectivity index (χ1n) is 12.1. The molecule has 0 amide bonds. The highest BCUT2D eigenvalue weighted by atomic mass is 16.5. The molecule has 0 spiro atoms. The average molecular weight is 409 g/mol. The molecule has 168 valence electrons. The lowest BCUT2D eigenvalue weighted by Crippen LogP contribution is -2.52. The molecule has 0 aliphatic carbocycles. The normalized spacial score (nSPS) is 28.1. The van der Waals surface area contributed by atoms with Crippen LogP contribution in [0.2, 0.25) is 0 Å². The number of piperidine rings is 2. The van der Waals surface area contributed by atoms with Crippen LogP contribution in [0.15, 0.2) is 4.99 Å². The number of likely N-dealkylation sites (tertiary alicyclic amines) is 2. The van der Waals surface area contributed by atoms with Gasteiger partial charge in [-0.3, -0.25) is 9.89 Å². The first kappa shape index (κ1) is 22.8. The van der Waals surface area contributed by atoms with Crippen LogP contribution < -0.4 is 5.32 Å². The van der Waals surface area contributed by atoms with Crippen LogP contribution in [0.4, 0.5) is 0 Å². The van der Waals surface area contributed by atoms with Crippen LogP contribution in [0.3, 0.4) is 0 Å². The van der Waals surface area contributed by atoms with Gasteiger partial charge in [-0.1, -0.05) is 20.3 Å². The second kappa shape index (κ2) is 12.1. The quantitative estimate of drug-likeness (QED) is 0.518. The number of nitrogens with one attached hydrogen (secondary N) is 1. The molecule has 6 heteroatoms. The van der Waals surface area contributed by atoms with Gasteiger partial charge in [0.2, 0.25) is 0 Å². The molecule has 0 saturated carbocycles. The summed E-state index contributed by atoms with van der Waals surface area (Å²) in [7, 11) is 1.91. The number of ether oxygens (including phenoxy) is 2. The molecule has 0 aromatic rings. The Hall–Kier alpha value is -0.850. The van der Waals surface area contributed by atoms with Crippen LogP contribution >= 0.6 is 0 Å². The fraction of sp³-hybridized carbons (Fsp3) is 0.957.